The number of hydrogen-bond acceptors (Lipinski definition) is 1. The number of rotatable bonds is 2. The molecule has 1 N–H and O–H groups in total. The summed E-state index contributed by atoms with van der Waals surface area (Å²) in [5.41, 5.74) is 1.67. The van der Waals surface area contributed by atoms with Gasteiger partial charge in [0.25, 0.3) is 0 Å². The molecule has 0 aliphatic heterocycles. The van der Waals surface area contributed by atoms with E-state index in [4.69, 9.17) is 11.6 Å². The second-order valence-corrected chi connectivity index (χ2v) is 6.76. The van der Waals surface area contributed by atoms with Crippen molar-refractivity contribution in [2.45, 2.75) is 52.1 Å². The van der Waals surface area contributed by atoms with E-state index in [0.29, 0.717) is 18.3 Å². The van der Waals surface area contributed by atoms with Crippen LogP contribution in [0.1, 0.15) is 44.2 Å². The van der Waals surface area contributed by atoms with Crippen molar-refractivity contribution in [3.05, 3.63) is 34.3 Å². The first-order chi connectivity index (χ1) is 8.38. The fourth-order valence-corrected chi connectivity index (χ4v) is 3.83. The van der Waals surface area contributed by atoms with Crippen LogP contribution in [-0.4, -0.2) is 10.7 Å². The summed E-state index contributed by atoms with van der Waals surface area (Å²) in [6, 6.07) is 6.11. The highest BCUT2D eigenvalue weighted by molar-refractivity contribution is 6.31. The van der Waals surface area contributed by atoms with Gasteiger partial charge in [-0.1, -0.05) is 37.6 Å². The van der Waals surface area contributed by atoms with E-state index >= 15 is 0 Å². The van der Waals surface area contributed by atoms with Crippen molar-refractivity contribution < 1.29 is 5.11 Å². The summed E-state index contributed by atoms with van der Waals surface area (Å²) in [5, 5.41) is 11.6. The number of benzene rings is 1. The normalized spacial score (nSPS) is 32.5. The standard InChI is InChI=1S/C16H23ClO/c1-11-4-5-14(15(17)7-11)10-16(18)8-12(2)6-13(3)9-16/h4-5,7,12-13,18H,6,8-10H2,1-3H3. The molecule has 0 aromatic heterocycles. The minimum atomic E-state index is -0.573. The van der Waals surface area contributed by atoms with Gasteiger partial charge in [-0.15, -0.1) is 0 Å². The summed E-state index contributed by atoms with van der Waals surface area (Å²) in [6.07, 6.45) is 3.69. The van der Waals surface area contributed by atoms with E-state index in [1.807, 2.05) is 13.0 Å². The number of aryl methyl sites for hydroxylation is 1. The summed E-state index contributed by atoms with van der Waals surface area (Å²) in [6.45, 7) is 6.50. The molecule has 1 aliphatic rings. The first-order valence-electron chi connectivity index (χ1n) is 6.85. The smallest absolute Gasteiger partial charge is 0.0693 e. The zero-order chi connectivity index (χ0) is 13.3. The average molecular weight is 267 g/mol. The van der Waals surface area contributed by atoms with Gasteiger partial charge in [-0.25, -0.2) is 0 Å². The molecule has 1 aromatic carbocycles. The molecular formula is C16H23ClO. The van der Waals surface area contributed by atoms with Gasteiger partial charge in [0, 0.05) is 11.4 Å². The fraction of sp³-hybridized carbons (Fsp3) is 0.625. The Bertz CT molecular complexity index is 417. The molecular weight excluding hydrogens is 244 g/mol. The molecule has 2 atom stereocenters. The first-order valence-corrected chi connectivity index (χ1v) is 7.23. The van der Waals surface area contributed by atoms with Gasteiger partial charge >= 0.3 is 0 Å². The molecule has 100 valence electrons. The van der Waals surface area contributed by atoms with E-state index in [1.54, 1.807) is 0 Å². The highest BCUT2D eigenvalue weighted by atomic mass is 35.5. The van der Waals surface area contributed by atoms with Crippen molar-refractivity contribution in [1.82, 2.24) is 0 Å². The van der Waals surface area contributed by atoms with Crippen LogP contribution in [0.5, 0.6) is 0 Å². The molecule has 0 spiro atoms. The maximum absolute atomic E-state index is 10.8. The highest BCUT2D eigenvalue weighted by Gasteiger charge is 2.36. The molecule has 1 fully saturated rings. The van der Waals surface area contributed by atoms with Crippen LogP contribution >= 0.6 is 11.6 Å². The zero-order valence-electron chi connectivity index (χ0n) is 11.5. The maximum Gasteiger partial charge on any atom is 0.0693 e. The lowest BCUT2D eigenvalue weighted by Crippen LogP contribution is -2.39. The van der Waals surface area contributed by atoms with Gasteiger partial charge < -0.3 is 5.11 Å². The van der Waals surface area contributed by atoms with Crippen molar-refractivity contribution in [1.29, 1.82) is 0 Å². The predicted octanol–water partition coefficient (Wildman–Crippen LogP) is 4.38. The summed E-state index contributed by atoms with van der Waals surface area (Å²) in [4.78, 5) is 0. The molecule has 0 radical (unpaired) electrons. The number of hydrogen-bond donors (Lipinski definition) is 1. The molecule has 0 heterocycles. The Morgan fingerprint density at radius 2 is 1.89 bits per heavy atom. The van der Waals surface area contributed by atoms with Crippen molar-refractivity contribution in [2.75, 3.05) is 0 Å². The van der Waals surface area contributed by atoms with Gasteiger partial charge in [0.1, 0.15) is 0 Å². The molecule has 1 nitrogen and oxygen atoms in total. The Morgan fingerprint density at radius 1 is 1.28 bits per heavy atom. The molecule has 0 amide bonds. The third-order valence-electron chi connectivity index (χ3n) is 3.99. The summed E-state index contributed by atoms with van der Waals surface area (Å²) < 4.78 is 0. The minimum absolute atomic E-state index is 0.573. The van der Waals surface area contributed by atoms with Crippen LogP contribution < -0.4 is 0 Å². The van der Waals surface area contributed by atoms with Crippen molar-refractivity contribution in [3.8, 4) is 0 Å². The Kier molecular flexibility index (Phi) is 4.03. The largest absolute Gasteiger partial charge is 0.390 e. The predicted molar refractivity (Wildman–Crippen MR) is 77.0 cm³/mol. The topological polar surface area (TPSA) is 20.2 Å². The van der Waals surface area contributed by atoms with E-state index in [0.717, 1.165) is 23.4 Å². The van der Waals surface area contributed by atoms with E-state index in [-0.39, 0.29) is 0 Å². The van der Waals surface area contributed by atoms with Gasteiger partial charge in [-0.05, 0) is 55.2 Å². The monoisotopic (exact) mass is 266 g/mol. The summed E-state index contributed by atoms with van der Waals surface area (Å²) in [7, 11) is 0. The third kappa shape index (κ3) is 3.27. The molecule has 1 aromatic rings. The Morgan fingerprint density at radius 3 is 2.44 bits per heavy atom. The van der Waals surface area contributed by atoms with Gasteiger partial charge in [0.15, 0.2) is 0 Å². The first kappa shape index (κ1) is 13.9. The lowest BCUT2D eigenvalue weighted by atomic mass is 9.71. The lowest BCUT2D eigenvalue weighted by molar-refractivity contribution is -0.0304. The molecule has 2 unspecified atom stereocenters. The van der Waals surface area contributed by atoms with Crippen molar-refractivity contribution in [3.63, 3.8) is 0 Å². The Labute approximate surface area is 115 Å². The van der Waals surface area contributed by atoms with Gasteiger partial charge in [0.2, 0.25) is 0 Å². The van der Waals surface area contributed by atoms with Gasteiger partial charge in [-0.2, -0.15) is 0 Å². The second-order valence-electron chi connectivity index (χ2n) is 6.35. The van der Waals surface area contributed by atoms with E-state index < -0.39 is 5.60 Å². The lowest BCUT2D eigenvalue weighted by Gasteiger charge is -2.39. The molecule has 2 heteroatoms. The Hall–Kier alpha value is -0.530. The molecule has 0 bridgehead atoms. The quantitative estimate of drug-likeness (QED) is 0.842. The number of halogens is 1. The van der Waals surface area contributed by atoms with Gasteiger partial charge in [-0.3, -0.25) is 0 Å². The third-order valence-corrected chi connectivity index (χ3v) is 4.34. The average Bonchev–Trinajstić information content (AvgIpc) is 2.20. The molecule has 0 saturated heterocycles. The molecule has 18 heavy (non-hydrogen) atoms. The SMILES string of the molecule is Cc1ccc(CC2(O)CC(C)CC(C)C2)c(Cl)c1. The molecule has 1 aliphatic carbocycles. The van der Waals surface area contributed by atoms with Crippen LogP contribution in [0, 0.1) is 18.8 Å². The van der Waals surface area contributed by atoms with Crippen LogP contribution in [0.25, 0.3) is 0 Å². The van der Waals surface area contributed by atoms with Crippen LogP contribution in [-0.2, 0) is 6.42 Å². The number of aliphatic hydroxyl groups is 1. The van der Waals surface area contributed by atoms with Crippen LogP contribution in [0.3, 0.4) is 0 Å². The second kappa shape index (κ2) is 5.22. The zero-order valence-corrected chi connectivity index (χ0v) is 12.3. The van der Waals surface area contributed by atoms with Crippen molar-refractivity contribution in [2.24, 2.45) is 11.8 Å². The van der Waals surface area contributed by atoms with Crippen molar-refractivity contribution >= 4 is 11.6 Å². The minimum Gasteiger partial charge on any atom is -0.390 e. The van der Waals surface area contributed by atoms with Crippen LogP contribution in [0.2, 0.25) is 5.02 Å². The highest BCUT2D eigenvalue weighted by Crippen LogP contribution is 2.38. The summed E-state index contributed by atoms with van der Waals surface area (Å²) >= 11 is 6.27. The van der Waals surface area contributed by atoms with E-state index in [9.17, 15) is 5.11 Å². The van der Waals surface area contributed by atoms with Gasteiger partial charge in [0.05, 0.1) is 5.60 Å². The molecule has 1 saturated carbocycles. The summed E-state index contributed by atoms with van der Waals surface area (Å²) in [5.74, 6) is 1.20. The molecule has 2 rings (SSSR count). The van der Waals surface area contributed by atoms with E-state index in [2.05, 4.69) is 26.0 Å². The van der Waals surface area contributed by atoms with Crippen LogP contribution in [0.4, 0.5) is 0 Å². The fourth-order valence-electron chi connectivity index (χ4n) is 3.53. The van der Waals surface area contributed by atoms with E-state index in [1.165, 1.54) is 12.0 Å². The maximum atomic E-state index is 10.8. The van der Waals surface area contributed by atoms with Crippen LogP contribution in [0.15, 0.2) is 18.2 Å². The Balaban J connectivity index is 2.16.